The van der Waals surface area contributed by atoms with Crippen molar-refractivity contribution >= 4 is 34.3 Å². The smallest absolute Gasteiger partial charge is 0.198 e. The van der Waals surface area contributed by atoms with Crippen LogP contribution in [0.15, 0.2) is 71.8 Å². The lowest BCUT2D eigenvalue weighted by atomic mass is 9.87. The van der Waals surface area contributed by atoms with E-state index in [0.29, 0.717) is 16.7 Å². The molecule has 3 rings (SSSR count). The molecule has 0 aliphatic heterocycles. The molecule has 0 amide bonds. The lowest BCUT2D eigenvalue weighted by Gasteiger charge is -2.16. The van der Waals surface area contributed by atoms with Gasteiger partial charge in [0.1, 0.15) is 0 Å². The maximum atomic E-state index is 12.7. The van der Waals surface area contributed by atoms with Crippen molar-refractivity contribution in [1.82, 2.24) is 0 Å². The van der Waals surface area contributed by atoms with E-state index in [4.69, 9.17) is 11.6 Å². The molecule has 0 fully saturated rings. The van der Waals surface area contributed by atoms with Crippen molar-refractivity contribution in [2.24, 2.45) is 0 Å². The highest BCUT2D eigenvalue weighted by molar-refractivity contribution is 6.60. The van der Waals surface area contributed by atoms with Gasteiger partial charge in [-0.1, -0.05) is 72.3 Å². The van der Waals surface area contributed by atoms with Gasteiger partial charge in [-0.25, -0.2) is 0 Å². The molecule has 1 aliphatic carbocycles. The van der Waals surface area contributed by atoms with Gasteiger partial charge in [-0.3, -0.25) is 9.59 Å². The van der Waals surface area contributed by atoms with Crippen molar-refractivity contribution in [1.29, 1.82) is 0 Å². The van der Waals surface area contributed by atoms with E-state index in [1.807, 2.05) is 36.4 Å². The third-order valence-corrected chi connectivity index (χ3v) is 3.71. The summed E-state index contributed by atoms with van der Waals surface area (Å²) in [5, 5.41) is -0.0223. The van der Waals surface area contributed by atoms with Crippen LogP contribution in [0, 0.1) is 0 Å². The standard InChI is InChI=1S/C18H11ClO2/c19-17-15(20)11-14(12-7-3-1-4-8-12)18(21)16(17)13-9-5-2-6-10-13/h1-11H. The summed E-state index contributed by atoms with van der Waals surface area (Å²) in [7, 11) is 0. The minimum Gasteiger partial charge on any atom is -0.289 e. The molecule has 0 radical (unpaired) electrons. The molecule has 0 unspecified atom stereocenters. The topological polar surface area (TPSA) is 34.1 Å². The van der Waals surface area contributed by atoms with E-state index in [2.05, 4.69) is 0 Å². The van der Waals surface area contributed by atoms with Gasteiger partial charge in [0, 0.05) is 5.57 Å². The van der Waals surface area contributed by atoms with E-state index in [1.165, 1.54) is 6.08 Å². The first-order valence-electron chi connectivity index (χ1n) is 6.50. The fourth-order valence-electron chi connectivity index (χ4n) is 2.31. The fraction of sp³-hybridized carbons (Fsp3) is 0. The van der Waals surface area contributed by atoms with Crippen LogP contribution in [-0.4, -0.2) is 11.6 Å². The second-order valence-corrected chi connectivity index (χ2v) is 5.05. The molecule has 2 aromatic carbocycles. The van der Waals surface area contributed by atoms with Crippen LogP contribution in [0.4, 0.5) is 0 Å². The Bertz CT molecular complexity index is 771. The zero-order chi connectivity index (χ0) is 14.8. The first-order valence-corrected chi connectivity index (χ1v) is 6.87. The molecule has 1 aliphatic rings. The van der Waals surface area contributed by atoms with E-state index < -0.39 is 0 Å². The molecule has 2 nitrogen and oxygen atoms in total. The minimum atomic E-state index is -0.339. The third kappa shape index (κ3) is 2.46. The first-order chi connectivity index (χ1) is 10.2. The fourth-order valence-corrected chi connectivity index (χ4v) is 2.56. The van der Waals surface area contributed by atoms with Crippen molar-refractivity contribution in [2.45, 2.75) is 0 Å². The number of hydrogen-bond donors (Lipinski definition) is 0. The molecule has 0 N–H and O–H groups in total. The average Bonchev–Trinajstić information content (AvgIpc) is 2.53. The van der Waals surface area contributed by atoms with Gasteiger partial charge >= 0.3 is 0 Å². The van der Waals surface area contributed by atoms with E-state index >= 15 is 0 Å². The number of hydrogen-bond acceptors (Lipinski definition) is 2. The summed E-state index contributed by atoms with van der Waals surface area (Å²) < 4.78 is 0. The Labute approximate surface area is 127 Å². The second kappa shape index (κ2) is 5.51. The maximum absolute atomic E-state index is 12.7. The lowest BCUT2D eigenvalue weighted by molar-refractivity contribution is -0.113. The number of halogens is 1. The molecule has 102 valence electrons. The van der Waals surface area contributed by atoms with Crippen LogP contribution in [0.3, 0.4) is 0 Å². The van der Waals surface area contributed by atoms with Gasteiger partial charge in [-0.05, 0) is 17.2 Å². The molecule has 0 heterocycles. The predicted octanol–water partition coefficient (Wildman–Crippen LogP) is 3.87. The largest absolute Gasteiger partial charge is 0.289 e. The summed E-state index contributed by atoms with van der Waals surface area (Å²) in [5.41, 5.74) is 2.02. The summed E-state index contributed by atoms with van der Waals surface area (Å²) in [6.45, 7) is 0. The van der Waals surface area contributed by atoms with E-state index in [0.717, 1.165) is 0 Å². The number of benzene rings is 2. The number of ketones is 2. The highest BCUT2D eigenvalue weighted by Gasteiger charge is 2.29. The summed E-state index contributed by atoms with van der Waals surface area (Å²) in [4.78, 5) is 24.8. The van der Waals surface area contributed by atoms with Crippen LogP contribution in [0.25, 0.3) is 11.1 Å². The van der Waals surface area contributed by atoms with Gasteiger partial charge < -0.3 is 0 Å². The first kappa shape index (κ1) is 13.5. The van der Waals surface area contributed by atoms with Crippen LogP contribution >= 0.6 is 11.6 Å². The molecule has 0 atom stereocenters. The Morgan fingerprint density at radius 1 is 0.714 bits per heavy atom. The molecule has 0 aromatic heterocycles. The van der Waals surface area contributed by atoms with Gasteiger partial charge in [0.2, 0.25) is 0 Å². The lowest BCUT2D eigenvalue weighted by Crippen LogP contribution is -2.15. The van der Waals surface area contributed by atoms with Crippen LogP contribution in [0.2, 0.25) is 0 Å². The molecule has 2 aromatic rings. The van der Waals surface area contributed by atoms with Crippen LogP contribution in [-0.2, 0) is 9.59 Å². The number of Topliss-reactive ketones (excluding diaryl/α,β-unsaturated/α-hetero) is 1. The summed E-state index contributed by atoms with van der Waals surface area (Å²) >= 11 is 6.08. The molecular formula is C18H11ClO2. The quantitative estimate of drug-likeness (QED) is 0.788. The Morgan fingerprint density at radius 2 is 1.24 bits per heavy atom. The van der Waals surface area contributed by atoms with Gasteiger partial charge in [-0.2, -0.15) is 0 Å². The van der Waals surface area contributed by atoms with Crippen molar-refractivity contribution in [3.05, 3.63) is 82.9 Å². The predicted molar refractivity (Wildman–Crippen MR) is 83.6 cm³/mol. The number of carbonyl (C=O) groups is 2. The normalized spacial score (nSPS) is 15.2. The Morgan fingerprint density at radius 3 is 1.81 bits per heavy atom. The number of allylic oxidation sites excluding steroid dienone is 4. The van der Waals surface area contributed by atoms with Crippen LogP contribution in [0.5, 0.6) is 0 Å². The summed E-state index contributed by atoms with van der Waals surface area (Å²) in [5.74, 6) is -0.564. The van der Waals surface area contributed by atoms with Gasteiger partial charge in [0.15, 0.2) is 11.6 Å². The van der Waals surface area contributed by atoms with Crippen LogP contribution < -0.4 is 0 Å². The average molecular weight is 295 g/mol. The Balaban J connectivity index is 2.12. The third-order valence-electron chi connectivity index (χ3n) is 3.33. The van der Waals surface area contributed by atoms with Crippen LogP contribution in [0.1, 0.15) is 11.1 Å². The molecule has 3 heteroatoms. The Kier molecular flexibility index (Phi) is 3.55. The van der Waals surface area contributed by atoms with E-state index in [9.17, 15) is 9.59 Å². The molecular weight excluding hydrogens is 284 g/mol. The minimum absolute atomic E-state index is 0.0223. The van der Waals surface area contributed by atoms with Gasteiger partial charge in [0.25, 0.3) is 0 Å². The summed E-state index contributed by atoms with van der Waals surface area (Å²) in [6, 6.07) is 18.1. The molecule has 0 bridgehead atoms. The second-order valence-electron chi connectivity index (χ2n) is 4.67. The molecule has 0 spiro atoms. The highest BCUT2D eigenvalue weighted by Crippen LogP contribution is 2.33. The molecule has 21 heavy (non-hydrogen) atoms. The van der Waals surface area contributed by atoms with Gasteiger partial charge in [-0.15, -0.1) is 0 Å². The van der Waals surface area contributed by atoms with E-state index in [1.54, 1.807) is 24.3 Å². The molecule has 0 saturated carbocycles. The van der Waals surface area contributed by atoms with Crippen molar-refractivity contribution in [2.75, 3.05) is 0 Å². The zero-order valence-electron chi connectivity index (χ0n) is 11.0. The van der Waals surface area contributed by atoms with E-state index in [-0.39, 0.29) is 22.2 Å². The maximum Gasteiger partial charge on any atom is 0.198 e. The SMILES string of the molecule is O=C1C=C(c2ccccc2)C(=O)C(c2ccccc2)=C1Cl. The van der Waals surface area contributed by atoms with Crippen molar-refractivity contribution in [3.63, 3.8) is 0 Å². The summed E-state index contributed by atoms with van der Waals surface area (Å²) in [6.07, 6.45) is 1.31. The highest BCUT2D eigenvalue weighted by atomic mass is 35.5. The van der Waals surface area contributed by atoms with Gasteiger partial charge in [0.05, 0.1) is 10.6 Å². The zero-order valence-corrected chi connectivity index (χ0v) is 11.8. The number of carbonyl (C=O) groups excluding carboxylic acids is 2. The monoisotopic (exact) mass is 294 g/mol. The number of rotatable bonds is 2. The Hall–Kier alpha value is -2.45. The van der Waals surface area contributed by atoms with Crippen molar-refractivity contribution in [3.8, 4) is 0 Å². The molecule has 0 saturated heterocycles. The van der Waals surface area contributed by atoms with Crippen molar-refractivity contribution < 1.29 is 9.59 Å².